The van der Waals surface area contributed by atoms with E-state index in [0.29, 0.717) is 19.6 Å². The quantitative estimate of drug-likeness (QED) is 0.790. The van der Waals surface area contributed by atoms with E-state index >= 15 is 0 Å². The number of morpholine rings is 1. The summed E-state index contributed by atoms with van der Waals surface area (Å²) in [5.41, 5.74) is -0.831. The van der Waals surface area contributed by atoms with Crippen molar-refractivity contribution in [2.75, 3.05) is 19.8 Å². The Labute approximate surface area is 102 Å². The van der Waals surface area contributed by atoms with Gasteiger partial charge in [-0.25, -0.2) is 4.79 Å². The molecule has 5 heteroatoms. The van der Waals surface area contributed by atoms with Crippen LogP contribution in [0.4, 0.5) is 4.79 Å². The van der Waals surface area contributed by atoms with Crippen molar-refractivity contribution >= 4 is 6.09 Å². The maximum Gasteiger partial charge on any atom is 0.410 e. The Morgan fingerprint density at radius 3 is 2.82 bits per heavy atom. The number of aliphatic hydroxyl groups excluding tert-OH is 1. The lowest BCUT2D eigenvalue weighted by atomic mass is 9.95. The van der Waals surface area contributed by atoms with Crippen LogP contribution in [0.25, 0.3) is 0 Å². The lowest BCUT2D eigenvalue weighted by Gasteiger charge is -2.38. The summed E-state index contributed by atoms with van der Waals surface area (Å²) < 4.78 is 11.0. The van der Waals surface area contributed by atoms with Crippen LogP contribution in [-0.2, 0) is 9.47 Å². The fraction of sp³-hybridized carbons (Fsp3) is 0.917. The summed E-state index contributed by atoms with van der Waals surface area (Å²) in [6.07, 6.45) is 1.18. The highest BCUT2D eigenvalue weighted by atomic mass is 16.6. The van der Waals surface area contributed by atoms with Crippen LogP contribution in [-0.4, -0.2) is 53.1 Å². The zero-order valence-electron chi connectivity index (χ0n) is 10.7. The highest BCUT2D eigenvalue weighted by Crippen LogP contribution is 2.41. The minimum Gasteiger partial charge on any atom is -0.444 e. The first-order chi connectivity index (χ1) is 7.86. The highest BCUT2D eigenvalue weighted by Gasteiger charge is 2.54. The normalized spacial score (nSPS) is 32.0. The minimum absolute atomic E-state index is 0.0649. The zero-order valence-corrected chi connectivity index (χ0v) is 10.7. The van der Waals surface area contributed by atoms with Crippen molar-refractivity contribution in [1.29, 1.82) is 0 Å². The number of hydrogen-bond acceptors (Lipinski definition) is 4. The molecule has 98 valence electrons. The molecular weight excluding hydrogens is 222 g/mol. The van der Waals surface area contributed by atoms with E-state index in [2.05, 4.69) is 0 Å². The van der Waals surface area contributed by atoms with Crippen LogP contribution in [0.3, 0.4) is 0 Å². The van der Waals surface area contributed by atoms with Crippen molar-refractivity contribution < 1.29 is 19.4 Å². The van der Waals surface area contributed by atoms with E-state index < -0.39 is 5.60 Å². The van der Waals surface area contributed by atoms with Crippen LogP contribution >= 0.6 is 0 Å². The first-order valence-electron chi connectivity index (χ1n) is 6.09. The van der Waals surface area contributed by atoms with Gasteiger partial charge in [0.05, 0.1) is 24.8 Å². The van der Waals surface area contributed by atoms with E-state index in [1.54, 1.807) is 4.90 Å². The second-order valence-electron chi connectivity index (χ2n) is 5.93. The first kappa shape index (κ1) is 12.6. The van der Waals surface area contributed by atoms with Crippen LogP contribution in [0, 0.1) is 0 Å². The summed E-state index contributed by atoms with van der Waals surface area (Å²) >= 11 is 0. The van der Waals surface area contributed by atoms with E-state index in [1.807, 2.05) is 20.8 Å². The van der Waals surface area contributed by atoms with Crippen LogP contribution in [0.1, 0.15) is 33.6 Å². The van der Waals surface area contributed by atoms with Gasteiger partial charge in [-0.3, -0.25) is 4.90 Å². The molecule has 2 bridgehead atoms. The molecule has 0 unspecified atom stereocenters. The summed E-state index contributed by atoms with van der Waals surface area (Å²) in [4.78, 5) is 13.8. The predicted octanol–water partition coefficient (Wildman–Crippen LogP) is 1.15. The molecule has 2 atom stereocenters. The fourth-order valence-electron chi connectivity index (χ4n) is 2.62. The monoisotopic (exact) mass is 243 g/mol. The van der Waals surface area contributed by atoms with Gasteiger partial charge in [0, 0.05) is 13.0 Å². The summed E-state index contributed by atoms with van der Waals surface area (Å²) in [5, 5.41) is 9.14. The summed E-state index contributed by atoms with van der Waals surface area (Å²) in [7, 11) is 0. The molecular formula is C12H21NO4. The molecule has 0 aliphatic carbocycles. The largest absolute Gasteiger partial charge is 0.444 e. The molecule has 2 heterocycles. The number of carbonyl (C=O) groups is 1. The van der Waals surface area contributed by atoms with Gasteiger partial charge >= 0.3 is 6.09 Å². The Morgan fingerprint density at radius 1 is 1.59 bits per heavy atom. The van der Waals surface area contributed by atoms with Gasteiger partial charge in [0.25, 0.3) is 0 Å². The van der Waals surface area contributed by atoms with Crippen molar-refractivity contribution in [3.8, 4) is 0 Å². The molecule has 2 aliphatic heterocycles. The van der Waals surface area contributed by atoms with Crippen molar-refractivity contribution in [3.63, 3.8) is 0 Å². The Kier molecular flexibility index (Phi) is 3.08. The lowest BCUT2D eigenvalue weighted by molar-refractivity contribution is -0.0391. The zero-order chi connectivity index (χ0) is 12.7. The van der Waals surface area contributed by atoms with Crippen molar-refractivity contribution in [3.05, 3.63) is 0 Å². The minimum atomic E-state index is -0.486. The van der Waals surface area contributed by atoms with E-state index in [9.17, 15) is 4.79 Å². The van der Waals surface area contributed by atoms with E-state index in [4.69, 9.17) is 14.6 Å². The van der Waals surface area contributed by atoms with Crippen LogP contribution < -0.4 is 0 Å². The fourth-order valence-corrected chi connectivity index (χ4v) is 2.62. The Balaban J connectivity index is 2.08. The molecule has 0 spiro atoms. The Bertz CT molecular complexity index is 312. The molecule has 2 saturated heterocycles. The molecule has 1 N–H and O–H groups in total. The van der Waals surface area contributed by atoms with Crippen LogP contribution in [0.2, 0.25) is 0 Å². The highest BCUT2D eigenvalue weighted by molar-refractivity contribution is 5.70. The average molecular weight is 243 g/mol. The Hall–Kier alpha value is -0.810. The molecule has 1 amide bonds. The van der Waals surface area contributed by atoms with Gasteiger partial charge < -0.3 is 14.6 Å². The number of amides is 1. The number of nitrogens with zero attached hydrogens (tertiary/aromatic N) is 1. The van der Waals surface area contributed by atoms with Gasteiger partial charge in [-0.15, -0.1) is 0 Å². The smallest absolute Gasteiger partial charge is 0.410 e. The summed E-state index contributed by atoms with van der Waals surface area (Å²) in [6.45, 7) is 6.72. The Morgan fingerprint density at radius 2 is 2.29 bits per heavy atom. The predicted molar refractivity (Wildman–Crippen MR) is 61.7 cm³/mol. The van der Waals surface area contributed by atoms with Crippen molar-refractivity contribution in [2.45, 2.75) is 50.9 Å². The molecule has 0 aromatic heterocycles. The van der Waals surface area contributed by atoms with Gasteiger partial charge in [-0.1, -0.05) is 0 Å². The number of fused-ring (bicyclic) bond motifs is 2. The van der Waals surface area contributed by atoms with Gasteiger partial charge in [-0.2, -0.15) is 0 Å². The maximum atomic E-state index is 12.1. The summed E-state index contributed by atoms with van der Waals surface area (Å²) in [6, 6.07) is 0. The molecule has 0 aromatic rings. The number of ether oxygens (including phenoxy) is 2. The van der Waals surface area contributed by atoms with Crippen LogP contribution in [0.15, 0.2) is 0 Å². The first-order valence-corrected chi connectivity index (χ1v) is 6.09. The third kappa shape index (κ3) is 2.40. The molecule has 0 radical (unpaired) electrons. The average Bonchev–Trinajstić information content (AvgIpc) is 2.72. The number of carbonyl (C=O) groups excluding carboxylic acids is 1. The molecule has 0 saturated carbocycles. The van der Waals surface area contributed by atoms with E-state index in [-0.39, 0.29) is 24.3 Å². The number of hydrogen-bond donors (Lipinski definition) is 1. The third-order valence-corrected chi connectivity index (χ3v) is 3.35. The SMILES string of the molecule is CC(C)(C)OC(=O)N1C[C@H]2C[C@]1(CCO)CO2. The number of likely N-dealkylation sites (tertiary alicyclic amines) is 1. The molecule has 17 heavy (non-hydrogen) atoms. The molecule has 0 aromatic carbocycles. The molecule has 2 rings (SSSR count). The number of aliphatic hydroxyl groups is 1. The lowest BCUT2D eigenvalue weighted by Crippen LogP contribution is -2.53. The molecule has 2 aliphatic rings. The van der Waals surface area contributed by atoms with E-state index in [1.165, 1.54) is 0 Å². The van der Waals surface area contributed by atoms with Gasteiger partial charge in [-0.05, 0) is 27.2 Å². The van der Waals surface area contributed by atoms with Crippen LogP contribution in [0.5, 0.6) is 0 Å². The summed E-state index contributed by atoms with van der Waals surface area (Å²) in [5.74, 6) is 0. The number of rotatable bonds is 2. The van der Waals surface area contributed by atoms with E-state index in [0.717, 1.165) is 6.42 Å². The standard InChI is InChI=1S/C12H21NO4/c1-11(2,3)17-10(15)13-7-9-6-12(13,4-5-14)8-16-9/h9,14H,4-8H2,1-3H3/t9-,12-/m1/s1. The van der Waals surface area contributed by atoms with Crippen molar-refractivity contribution in [1.82, 2.24) is 4.90 Å². The van der Waals surface area contributed by atoms with Gasteiger partial charge in [0.1, 0.15) is 5.60 Å². The third-order valence-electron chi connectivity index (χ3n) is 3.35. The second kappa shape index (κ2) is 4.14. The van der Waals surface area contributed by atoms with Crippen molar-refractivity contribution in [2.24, 2.45) is 0 Å². The molecule has 5 nitrogen and oxygen atoms in total. The second-order valence-corrected chi connectivity index (χ2v) is 5.93. The maximum absolute atomic E-state index is 12.1. The topological polar surface area (TPSA) is 59.0 Å². The molecule has 2 fully saturated rings. The van der Waals surface area contributed by atoms with Gasteiger partial charge in [0.2, 0.25) is 0 Å². The van der Waals surface area contributed by atoms with Gasteiger partial charge in [0.15, 0.2) is 0 Å².